The molecule has 0 aliphatic rings. The number of rotatable bonds is 7. The Morgan fingerprint density at radius 3 is 2.45 bits per heavy atom. The monoisotopic (exact) mass is 550 g/mol. The molecule has 4 rings (SSSR count). The molecule has 0 spiro atoms. The van der Waals surface area contributed by atoms with Crippen LogP contribution in [-0.2, 0) is 17.5 Å². The van der Waals surface area contributed by atoms with Gasteiger partial charge < -0.3 is 21.2 Å². The van der Waals surface area contributed by atoms with E-state index in [0.29, 0.717) is 17.0 Å². The second-order valence-electron chi connectivity index (χ2n) is 8.38. The number of thiophene rings is 1. The first kappa shape index (κ1) is 26.7. The van der Waals surface area contributed by atoms with Gasteiger partial charge in [-0.15, -0.1) is 11.3 Å². The SMILES string of the molecule is Cc1cc([N+](=O)[O-])nn1CC(C)C(=O)Nc1c(C(N)=O)sc2nc(C(F)(F)F)cc(-c3ccc(F)cc3)c12. The summed E-state index contributed by atoms with van der Waals surface area (Å²) in [6.45, 7) is 3.00. The summed E-state index contributed by atoms with van der Waals surface area (Å²) in [5, 5.41) is 17.4. The number of pyridine rings is 1. The average molecular weight is 550 g/mol. The van der Waals surface area contributed by atoms with E-state index in [-0.39, 0.29) is 38.5 Å². The van der Waals surface area contributed by atoms with Crippen molar-refractivity contribution in [3.05, 3.63) is 68.6 Å². The molecule has 3 aromatic heterocycles. The number of fused-ring (bicyclic) bond motifs is 1. The molecule has 15 heteroatoms. The van der Waals surface area contributed by atoms with Crippen LogP contribution in [0, 0.1) is 28.8 Å². The van der Waals surface area contributed by atoms with E-state index < -0.39 is 46.2 Å². The van der Waals surface area contributed by atoms with Crippen molar-refractivity contribution < 1.29 is 32.1 Å². The van der Waals surface area contributed by atoms with Crippen molar-refractivity contribution in [3.8, 4) is 11.1 Å². The molecular formula is C23H18F4N6O4S. The van der Waals surface area contributed by atoms with Crippen molar-refractivity contribution >= 4 is 44.9 Å². The second-order valence-corrected chi connectivity index (χ2v) is 9.38. The topological polar surface area (TPSA) is 146 Å². The lowest BCUT2D eigenvalue weighted by molar-refractivity contribution is -0.389. The zero-order valence-corrected chi connectivity index (χ0v) is 20.5. The van der Waals surface area contributed by atoms with E-state index in [4.69, 9.17) is 5.73 Å². The first-order chi connectivity index (χ1) is 17.8. The number of nitrogens with zero attached hydrogens (tertiary/aromatic N) is 4. The number of aryl methyl sites for hydroxylation is 1. The summed E-state index contributed by atoms with van der Waals surface area (Å²) in [6, 6.07) is 6.62. The standard InChI is InChI=1S/C23H18F4N6O4S/c1-10(9-32-11(2)7-16(31-32)33(36)37)21(35)30-18-17-14(12-3-5-13(24)6-4-12)8-15(23(25,26)27)29-22(17)38-19(18)20(28)34/h3-8,10H,9H2,1-2H3,(H2,28,34)(H,30,35). The molecule has 198 valence electrons. The lowest BCUT2D eigenvalue weighted by Gasteiger charge is -2.14. The van der Waals surface area contributed by atoms with Gasteiger partial charge in [-0.1, -0.05) is 19.1 Å². The Kier molecular flexibility index (Phi) is 6.88. The van der Waals surface area contributed by atoms with Gasteiger partial charge in [-0.3, -0.25) is 9.59 Å². The molecule has 1 aromatic carbocycles. The molecule has 2 amide bonds. The largest absolute Gasteiger partial charge is 0.433 e. The molecule has 0 bridgehead atoms. The minimum absolute atomic E-state index is 0.0230. The van der Waals surface area contributed by atoms with E-state index in [1.165, 1.54) is 29.8 Å². The summed E-state index contributed by atoms with van der Waals surface area (Å²) >= 11 is 0.574. The highest BCUT2D eigenvalue weighted by Gasteiger charge is 2.35. The fourth-order valence-electron chi connectivity index (χ4n) is 3.75. The summed E-state index contributed by atoms with van der Waals surface area (Å²) in [5.74, 6) is -3.52. The molecular weight excluding hydrogens is 532 g/mol. The molecule has 0 aliphatic carbocycles. The van der Waals surface area contributed by atoms with E-state index in [0.717, 1.165) is 18.2 Å². The molecule has 0 saturated heterocycles. The normalized spacial score (nSPS) is 12.5. The van der Waals surface area contributed by atoms with E-state index in [1.807, 2.05) is 0 Å². The predicted octanol–water partition coefficient (Wildman–Crippen LogP) is 4.91. The van der Waals surface area contributed by atoms with Crippen molar-refractivity contribution in [1.82, 2.24) is 14.8 Å². The van der Waals surface area contributed by atoms with Crippen LogP contribution in [0.5, 0.6) is 0 Å². The maximum Gasteiger partial charge on any atom is 0.433 e. The number of nitrogens with two attached hydrogens (primary N) is 1. The number of carbonyl (C=O) groups excluding carboxylic acids is 2. The minimum atomic E-state index is -4.83. The van der Waals surface area contributed by atoms with Crippen LogP contribution in [0.4, 0.5) is 29.1 Å². The number of halogens is 4. The number of nitro groups is 1. The average Bonchev–Trinajstić information content (AvgIpc) is 3.39. The molecule has 0 saturated carbocycles. The maximum absolute atomic E-state index is 13.6. The number of anilines is 1. The highest BCUT2D eigenvalue weighted by Crippen LogP contribution is 2.43. The molecule has 38 heavy (non-hydrogen) atoms. The third kappa shape index (κ3) is 5.18. The molecule has 1 unspecified atom stereocenters. The van der Waals surface area contributed by atoms with Crippen LogP contribution in [0.2, 0.25) is 0 Å². The highest BCUT2D eigenvalue weighted by molar-refractivity contribution is 7.21. The van der Waals surface area contributed by atoms with Crippen molar-refractivity contribution in [2.45, 2.75) is 26.6 Å². The minimum Gasteiger partial charge on any atom is -0.365 e. The lowest BCUT2D eigenvalue weighted by atomic mass is 10.0. The Morgan fingerprint density at radius 1 is 1.24 bits per heavy atom. The fourth-order valence-corrected chi connectivity index (χ4v) is 4.76. The Hall–Kier alpha value is -4.40. The number of alkyl halides is 3. The highest BCUT2D eigenvalue weighted by atomic mass is 32.1. The van der Waals surface area contributed by atoms with Crippen molar-refractivity contribution in [3.63, 3.8) is 0 Å². The van der Waals surface area contributed by atoms with Crippen LogP contribution in [0.25, 0.3) is 21.3 Å². The summed E-state index contributed by atoms with van der Waals surface area (Å²) in [7, 11) is 0. The van der Waals surface area contributed by atoms with Gasteiger partial charge in [-0.05, 0) is 41.2 Å². The van der Waals surface area contributed by atoms with Crippen LogP contribution in [0.15, 0.2) is 36.4 Å². The molecule has 4 aromatic rings. The molecule has 0 fully saturated rings. The van der Waals surface area contributed by atoms with Gasteiger partial charge in [0.15, 0.2) is 0 Å². The van der Waals surface area contributed by atoms with Gasteiger partial charge in [-0.2, -0.15) is 17.9 Å². The van der Waals surface area contributed by atoms with Crippen LogP contribution in [0.1, 0.15) is 28.0 Å². The summed E-state index contributed by atoms with van der Waals surface area (Å²) in [5.41, 5.74) is 4.65. The van der Waals surface area contributed by atoms with Gasteiger partial charge in [0.25, 0.3) is 5.91 Å². The maximum atomic E-state index is 13.6. The molecule has 3 N–H and O–H groups in total. The Bertz CT molecular complexity index is 1580. The first-order valence-electron chi connectivity index (χ1n) is 10.9. The first-order valence-corrected chi connectivity index (χ1v) is 11.7. The Morgan fingerprint density at radius 2 is 1.89 bits per heavy atom. The number of carbonyl (C=O) groups is 2. The number of aromatic nitrogens is 3. The van der Waals surface area contributed by atoms with Crippen molar-refractivity contribution in [2.75, 3.05) is 5.32 Å². The number of nitrogens with one attached hydrogen (secondary N) is 1. The zero-order valence-electron chi connectivity index (χ0n) is 19.7. The Labute approximate surface area is 215 Å². The van der Waals surface area contributed by atoms with Crippen LogP contribution < -0.4 is 11.1 Å². The van der Waals surface area contributed by atoms with Gasteiger partial charge in [0, 0.05) is 5.39 Å². The third-order valence-corrected chi connectivity index (χ3v) is 6.73. The number of primary amides is 1. The van der Waals surface area contributed by atoms with E-state index in [9.17, 15) is 37.3 Å². The van der Waals surface area contributed by atoms with Gasteiger partial charge >= 0.3 is 12.0 Å². The van der Waals surface area contributed by atoms with Crippen molar-refractivity contribution in [2.24, 2.45) is 11.7 Å². The summed E-state index contributed by atoms with van der Waals surface area (Å²) in [6.07, 6.45) is -4.83. The van der Waals surface area contributed by atoms with Gasteiger partial charge in [0.1, 0.15) is 21.2 Å². The molecule has 10 nitrogen and oxygen atoms in total. The van der Waals surface area contributed by atoms with Gasteiger partial charge in [0.05, 0.1) is 35.0 Å². The zero-order chi connectivity index (χ0) is 27.9. The summed E-state index contributed by atoms with van der Waals surface area (Å²) in [4.78, 5) is 38.9. The third-order valence-electron chi connectivity index (χ3n) is 5.63. The van der Waals surface area contributed by atoms with E-state index in [2.05, 4.69) is 15.4 Å². The van der Waals surface area contributed by atoms with E-state index in [1.54, 1.807) is 6.92 Å². The predicted molar refractivity (Wildman–Crippen MR) is 130 cm³/mol. The van der Waals surface area contributed by atoms with Crippen molar-refractivity contribution in [1.29, 1.82) is 0 Å². The van der Waals surface area contributed by atoms with Gasteiger partial charge in [-0.25, -0.2) is 9.37 Å². The number of hydrogen-bond acceptors (Lipinski definition) is 7. The second kappa shape index (κ2) is 9.81. The fraction of sp³-hybridized carbons (Fsp3) is 0.217. The molecule has 0 aliphatic heterocycles. The number of benzene rings is 1. The van der Waals surface area contributed by atoms with Crippen LogP contribution >= 0.6 is 11.3 Å². The number of hydrogen-bond donors (Lipinski definition) is 2. The molecule has 3 heterocycles. The Balaban J connectivity index is 1.81. The lowest BCUT2D eigenvalue weighted by Crippen LogP contribution is -2.26. The molecule has 1 atom stereocenters. The van der Waals surface area contributed by atoms with Gasteiger partial charge in [0.2, 0.25) is 5.91 Å². The number of amides is 2. The quantitative estimate of drug-likeness (QED) is 0.190. The molecule has 0 radical (unpaired) electrons. The van der Waals surface area contributed by atoms with Crippen LogP contribution in [0.3, 0.4) is 0 Å². The summed E-state index contributed by atoms with van der Waals surface area (Å²) < 4.78 is 55.7. The smallest absolute Gasteiger partial charge is 0.365 e. The van der Waals surface area contributed by atoms with Crippen LogP contribution in [-0.4, -0.2) is 31.5 Å². The van der Waals surface area contributed by atoms with E-state index >= 15 is 0 Å².